The molecule has 4 heteroatoms. The van der Waals surface area contributed by atoms with Gasteiger partial charge in [-0.3, -0.25) is 9.78 Å². The van der Waals surface area contributed by atoms with Crippen LogP contribution in [0.25, 0.3) is 0 Å². The van der Waals surface area contributed by atoms with Crippen molar-refractivity contribution in [3.8, 4) is 0 Å². The topological polar surface area (TPSA) is 42.4 Å². The molecule has 1 amide bonds. The third-order valence-electron chi connectivity index (χ3n) is 4.00. The van der Waals surface area contributed by atoms with Crippen LogP contribution in [0.1, 0.15) is 28.0 Å². The van der Waals surface area contributed by atoms with Crippen molar-refractivity contribution in [2.45, 2.75) is 12.1 Å². The molecule has 0 aliphatic carbocycles. The van der Waals surface area contributed by atoms with Gasteiger partial charge in [-0.25, -0.2) is 0 Å². The van der Waals surface area contributed by atoms with Gasteiger partial charge in [0.2, 0.25) is 5.72 Å². The lowest BCUT2D eigenvalue weighted by atomic mass is 9.96. The van der Waals surface area contributed by atoms with Crippen LogP contribution in [0.15, 0.2) is 48.7 Å². The Labute approximate surface area is 117 Å². The fraction of sp³-hybridized carbons (Fsp3) is 0.250. The summed E-state index contributed by atoms with van der Waals surface area (Å²) in [6.45, 7) is 1.33. The van der Waals surface area contributed by atoms with E-state index in [4.69, 9.17) is 4.74 Å². The van der Waals surface area contributed by atoms with E-state index in [0.29, 0.717) is 13.2 Å². The molecule has 0 saturated carbocycles. The molecule has 0 spiro atoms. The molecule has 2 aliphatic heterocycles. The molecule has 1 aromatic carbocycles. The second kappa shape index (κ2) is 4.15. The Morgan fingerprint density at radius 1 is 1.15 bits per heavy atom. The van der Waals surface area contributed by atoms with E-state index < -0.39 is 5.72 Å². The molecule has 1 aromatic heterocycles. The average molecular weight is 266 g/mol. The van der Waals surface area contributed by atoms with Crippen molar-refractivity contribution in [2.75, 3.05) is 13.2 Å². The molecule has 1 saturated heterocycles. The van der Waals surface area contributed by atoms with Crippen LogP contribution in [0, 0.1) is 0 Å². The lowest BCUT2D eigenvalue weighted by Gasteiger charge is -2.41. The quantitative estimate of drug-likeness (QED) is 0.794. The standard InChI is InChI=1S/C16H14N2O2/c19-15-12-6-1-2-7-13(12)16(14-8-3-4-9-17-14)18(15)10-5-11-20-16/h1-4,6-9H,5,10-11H2. The van der Waals surface area contributed by atoms with E-state index in [1.54, 1.807) is 6.20 Å². The van der Waals surface area contributed by atoms with Gasteiger partial charge in [-0.15, -0.1) is 0 Å². The summed E-state index contributed by atoms with van der Waals surface area (Å²) in [6, 6.07) is 13.4. The molecule has 1 fully saturated rings. The Hall–Kier alpha value is -2.20. The number of aromatic nitrogens is 1. The molecule has 100 valence electrons. The van der Waals surface area contributed by atoms with E-state index in [9.17, 15) is 4.79 Å². The molecule has 0 radical (unpaired) electrons. The van der Waals surface area contributed by atoms with E-state index in [2.05, 4.69) is 4.98 Å². The second-order valence-corrected chi connectivity index (χ2v) is 5.06. The number of ether oxygens (including phenoxy) is 1. The molecule has 1 unspecified atom stereocenters. The monoisotopic (exact) mass is 266 g/mol. The summed E-state index contributed by atoms with van der Waals surface area (Å²) in [5, 5.41) is 0. The predicted octanol–water partition coefficient (Wildman–Crippen LogP) is 2.16. The summed E-state index contributed by atoms with van der Waals surface area (Å²) in [5.41, 5.74) is 1.56. The number of amides is 1. The minimum atomic E-state index is -0.840. The highest BCUT2D eigenvalue weighted by molar-refractivity contribution is 6.00. The minimum absolute atomic E-state index is 0.0333. The van der Waals surface area contributed by atoms with Crippen molar-refractivity contribution in [3.05, 3.63) is 65.5 Å². The van der Waals surface area contributed by atoms with Gasteiger partial charge < -0.3 is 9.64 Å². The van der Waals surface area contributed by atoms with Crippen LogP contribution in [0.3, 0.4) is 0 Å². The number of carbonyl (C=O) groups is 1. The van der Waals surface area contributed by atoms with Crippen molar-refractivity contribution >= 4 is 5.91 Å². The maximum Gasteiger partial charge on any atom is 0.257 e. The smallest absolute Gasteiger partial charge is 0.257 e. The summed E-state index contributed by atoms with van der Waals surface area (Å²) in [6.07, 6.45) is 2.60. The van der Waals surface area contributed by atoms with E-state index in [1.807, 2.05) is 47.4 Å². The molecule has 2 aromatic rings. The van der Waals surface area contributed by atoms with Gasteiger partial charge in [-0.2, -0.15) is 0 Å². The minimum Gasteiger partial charge on any atom is -0.346 e. The molecule has 2 aliphatic rings. The van der Waals surface area contributed by atoms with Crippen molar-refractivity contribution < 1.29 is 9.53 Å². The number of rotatable bonds is 1. The van der Waals surface area contributed by atoms with Crippen LogP contribution in [0.5, 0.6) is 0 Å². The Morgan fingerprint density at radius 2 is 2.00 bits per heavy atom. The molecule has 20 heavy (non-hydrogen) atoms. The third-order valence-corrected chi connectivity index (χ3v) is 4.00. The number of nitrogens with zero attached hydrogens (tertiary/aromatic N) is 2. The average Bonchev–Trinajstić information content (AvgIpc) is 2.80. The lowest BCUT2D eigenvalue weighted by Crippen LogP contribution is -2.51. The van der Waals surface area contributed by atoms with E-state index >= 15 is 0 Å². The van der Waals surface area contributed by atoms with Gasteiger partial charge in [-0.05, 0) is 24.6 Å². The van der Waals surface area contributed by atoms with Gasteiger partial charge in [0.15, 0.2) is 0 Å². The van der Waals surface area contributed by atoms with Gasteiger partial charge in [0.25, 0.3) is 5.91 Å². The molecule has 1 atom stereocenters. The molecule has 4 rings (SSSR count). The number of hydrogen-bond acceptors (Lipinski definition) is 3. The van der Waals surface area contributed by atoms with E-state index in [1.165, 1.54) is 0 Å². The third kappa shape index (κ3) is 1.34. The number of pyridine rings is 1. The lowest BCUT2D eigenvalue weighted by molar-refractivity contribution is -0.139. The first-order valence-electron chi connectivity index (χ1n) is 6.81. The van der Waals surface area contributed by atoms with Crippen molar-refractivity contribution in [2.24, 2.45) is 0 Å². The molecule has 3 heterocycles. The molecular formula is C16H14N2O2. The zero-order chi connectivity index (χ0) is 13.6. The van der Waals surface area contributed by atoms with Crippen molar-refractivity contribution in [1.82, 2.24) is 9.88 Å². The maximum absolute atomic E-state index is 12.6. The zero-order valence-corrected chi connectivity index (χ0v) is 11.0. The normalized spacial score (nSPS) is 24.4. The van der Waals surface area contributed by atoms with Crippen LogP contribution >= 0.6 is 0 Å². The second-order valence-electron chi connectivity index (χ2n) is 5.06. The summed E-state index contributed by atoms with van der Waals surface area (Å²) >= 11 is 0. The van der Waals surface area contributed by atoms with E-state index in [0.717, 1.165) is 23.2 Å². The van der Waals surface area contributed by atoms with Gasteiger partial charge in [0.1, 0.15) is 0 Å². The molecule has 4 nitrogen and oxygen atoms in total. The SMILES string of the molecule is O=C1c2ccccc2C2(c3ccccn3)OCCCN12. The summed E-state index contributed by atoms with van der Waals surface area (Å²) in [7, 11) is 0. The van der Waals surface area contributed by atoms with Crippen LogP contribution in [-0.2, 0) is 10.5 Å². The number of carbonyl (C=O) groups excluding carboxylic acids is 1. The fourth-order valence-electron chi connectivity index (χ4n) is 3.17. The highest BCUT2D eigenvalue weighted by Gasteiger charge is 2.54. The van der Waals surface area contributed by atoms with Gasteiger partial charge in [-0.1, -0.05) is 24.3 Å². The predicted molar refractivity (Wildman–Crippen MR) is 73.1 cm³/mol. The first-order chi connectivity index (χ1) is 9.84. The summed E-state index contributed by atoms with van der Waals surface area (Å²) < 4.78 is 6.12. The summed E-state index contributed by atoms with van der Waals surface area (Å²) in [4.78, 5) is 18.9. The van der Waals surface area contributed by atoms with Crippen LogP contribution in [0.2, 0.25) is 0 Å². The fourth-order valence-corrected chi connectivity index (χ4v) is 3.17. The van der Waals surface area contributed by atoms with Gasteiger partial charge in [0.05, 0.1) is 12.3 Å². The zero-order valence-electron chi connectivity index (χ0n) is 11.0. The van der Waals surface area contributed by atoms with Gasteiger partial charge in [0, 0.05) is 23.9 Å². The van der Waals surface area contributed by atoms with Crippen LogP contribution in [-0.4, -0.2) is 28.9 Å². The van der Waals surface area contributed by atoms with Crippen LogP contribution in [0.4, 0.5) is 0 Å². The van der Waals surface area contributed by atoms with Gasteiger partial charge >= 0.3 is 0 Å². The van der Waals surface area contributed by atoms with E-state index in [-0.39, 0.29) is 5.91 Å². The molecule has 0 N–H and O–H groups in total. The Morgan fingerprint density at radius 3 is 2.85 bits per heavy atom. The van der Waals surface area contributed by atoms with Crippen molar-refractivity contribution in [1.29, 1.82) is 0 Å². The highest BCUT2D eigenvalue weighted by Crippen LogP contribution is 2.46. The molecular weight excluding hydrogens is 252 g/mol. The Balaban J connectivity index is 2.01. The number of hydrogen-bond donors (Lipinski definition) is 0. The number of benzene rings is 1. The van der Waals surface area contributed by atoms with Crippen LogP contribution < -0.4 is 0 Å². The largest absolute Gasteiger partial charge is 0.346 e. The number of fused-ring (bicyclic) bond motifs is 3. The summed E-state index contributed by atoms with van der Waals surface area (Å²) in [5.74, 6) is 0.0333. The Bertz CT molecular complexity index is 671. The first-order valence-corrected chi connectivity index (χ1v) is 6.81. The highest BCUT2D eigenvalue weighted by atomic mass is 16.5. The Kier molecular flexibility index (Phi) is 2.41. The van der Waals surface area contributed by atoms with Crippen molar-refractivity contribution in [3.63, 3.8) is 0 Å². The maximum atomic E-state index is 12.6. The molecule has 0 bridgehead atoms. The first kappa shape index (κ1) is 11.6.